The lowest BCUT2D eigenvalue weighted by Gasteiger charge is -2.06. The second kappa shape index (κ2) is 4.40. The van der Waals surface area contributed by atoms with Crippen LogP contribution in [0.15, 0.2) is 36.8 Å². The van der Waals surface area contributed by atoms with E-state index in [0.717, 1.165) is 5.69 Å². The third-order valence-electron chi connectivity index (χ3n) is 2.60. The van der Waals surface area contributed by atoms with E-state index in [1.165, 1.54) is 18.5 Å². The Labute approximate surface area is 102 Å². The number of hydrogen-bond acceptors (Lipinski definition) is 4. The molecule has 18 heavy (non-hydrogen) atoms. The number of aromatic amines is 1. The van der Waals surface area contributed by atoms with Crippen LogP contribution in [-0.2, 0) is 6.54 Å². The summed E-state index contributed by atoms with van der Waals surface area (Å²) in [5.41, 5.74) is 1.64. The fourth-order valence-electron chi connectivity index (χ4n) is 1.73. The van der Waals surface area contributed by atoms with Gasteiger partial charge in [-0.25, -0.2) is 14.4 Å². The van der Waals surface area contributed by atoms with Gasteiger partial charge in [-0.15, -0.1) is 0 Å². The maximum absolute atomic E-state index is 13.2. The molecule has 1 aromatic carbocycles. The Morgan fingerprint density at radius 2 is 2.17 bits per heavy atom. The van der Waals surface area contributed by atoms with Crippen LogP contribution >= 0.6 is 0 Å². The summed E-state index contributed by atoms with van der Waals surface area (Å²) < 4.78 is 13.2. The summed E-state index contributed by atoms with van der Waals surface area (Å²) in [6.07, 6.45) is 3.13. The van der Waals surface area contributed by atoms with Gasteiger partial charge < -0.3 is 5.32 Å². The molecule has 0 saturated carbocycles. The molecule has 2 aromatic heterocycles. The largest absolute Gasteiger partial charge is 0.364 e. The molecular formula is C12H10FN5. The highest BCUT2D eigenvalue weighted by molar-refractivity contribution is 5.88. The Morgan fingerprint density at radius 1 is 1.22 bits per heavy atom. The maximum atomic E-state index is 13.2. The number of aromatic nitrogens is 4. The van der Waals surface area contributed by atoms with Gasteiger partial charge in [0.1, 0.15) is 18.0 Å². The van der Waals surface area contributed by atoms with E-state index >= 15 is 0 Å². The van der Waals surface area contributed by atoms with Crippen LogP contribution < -0.4 is 5.32 Å². The summed E-state index contributed by atoms with van der Waals surface area (Å²) in [5, 5.41) is 10.5. The summed E-state index contributed by atoms with van der Waals surface area (Å²) in [6, 6.07) is 6.29. The zero-order valence-electron chi connectivity index (χ0n) is 9.39. The number of hydrogen-bond donors (Lipinski definition) is 2. The molecule has 0 radical (unpaired) electrons. The second-order valence-corrected chi connectivity index (χ2v) is 3.82. The predicted octanol–water partition coefficient (Wildman–Crippen LogP) is 2.10. The second-order valence-electron chi connectivity index (χ2n) is 3.82. The minimum Gasteiger partial charge on any atom is -0.364 e. The quantitative estimate of drug-likeness (QED) is 0.739. The lowest BCUT2D eigenvalue weighted by atomic mass is 10.2. The van der Waals surface area contributed by atoms with Crippen LogP contribution in [0.3, 0.4) is 0 Å². The summed E-state index contributed by atoms with van der Waals surface area (Å²) in [7, 11) is 0. The number of fused-ring (bicyclic) bond motifs is 1. The van der Waals surface area contributed by atoms with Crippen molar-refractivity contribution in [2.75, 3.05) is 5.32 Å². The molecule has 5 nitrogen and oxygen atoms in total. The number of H-pyrrole nitrogens is 1. The maximum Gasteiger partial charge on any atom is 0.137 e. The zero-order chi connectivity index (χ0) is 12.4. The van der Waals surface area contributed by atoms with Gasteiger partial charge >= 0.3 is 0 Å². The minimum atomic E-state index is -0.304. The lowest BCUT2D eigenvalue weighted by Crippen LogP contribution is -2.03. The van der Waals surface area contributed by atoms with Crippen molar-refractivity contribution >= 4 is 16.7 Å². The Hall–Kier alpha value is -2.50. The van der Waals surface area contributed by atoms with Crippen LogP contribution in [0.2, 0.25) is 0 Å². The highest BCUT2D eigenvalue weighted by atomic mass is 19.1. The number of benzene rings is 1. The summed E-state index contributed by atoms with van der Waals surface area (Å²) in [5.74, 6) is 0.302. The normalized spacial score (nSPS) is 10.7. The van der Waals surface area contributed by atoms with E-state index < -0.39 is 0 Å². The van der Waals surface area contributed by atoms with Crippen molar-refractivity contribution in [2.45, 2.75) is 6.54 Å². The van der Waals surface area contributed by atoms with Crippen LogP contribution in [0.5, 0.6) is 0 Å². The Kier molecular flexibility index (Phi) is 2.60. The van der Waals surface area contributed by atoms with Crippen molar-refractivity contribution in [3.05, 3.63) is 48.3 Å². The van der Waals surface area contributed by atoms with E-state index in [9.17, 15) is 4.39 Å². The molecule has 2 N–H and O–H groups in total. The van der Waals surface area contributed by atoms with Gasteiger partial charge in [-0.2, -0.15) is 5.10 Å². The van der Waals surface area contributed by atoms with Crippen LogP contribution in [0, 0.1) is 5.82 Å². The molecule has 6 heteroatoms. The molecule has 3 aromatic rings. The first-order valence-electron chi connectivity index (χ1n) is 5.45. The summed E-state index contributed by atoms with van der Waals surface area (Å²) in [4.78, 5) is 8.21. The topological polar surface area (TPSA) is 66.5 Å². The van der Waals surface area contributed by atoms with Crippen molar-refractivity contribution in [2.24, 2.45) is 0 Å². The van der Waals surface area contributed by atoms with Crippen molar-refractivity contribution in [3.8, 4) is 0 Å². The fourth-order valence-corrected chi connectivity index (χ4v) is 1.73. The molecule has 0 spiro atoms. The minimum absolute atomic E-state index is 0.304. The number of nitrogens with zero attached hydrogens (tertiary/aromatic N) is 3. The van der Waals surface area contributed by atoms with Crippen molar-refractivity contribution in [3.63, 3.8) is 0 Å². The smallest absolute Gasteiger partial charge is 0.137 e. The van der Waals surface area contributed by atoms with Crippen LogP contribution in [0.1, 0.15) is 5.69 Å². The average Bonchev–Trinajstić information content (AvgIpc) is 2.89. The summed E-state index contributed by atoms with van der Waals surface area (Å²) in [6.45, 7) is 0.544. The number of rotatable bonds is 3. The summed E-state index contributed by atoms with van der Waals surface area (Å²) >= 11 is 0. The van der Waals surface area contributed by atoms with Gasteiger partial charge in [-0.05, 0) is 24.3 Å². The standard InChI is InChI=1S/C12H10FN5/c13-8-1-2-11-10(5-8)12(16-7-15-11)14-6-9-3-4-17-18-9/h1-5,7H,6H2,(H,17,18)(H,14,15,16). The Morgan fingerprint density at radius 3 is 3.00 bits per heavy atom. The first-order chi connectivity index (χ1) is 8.83. The number of nitrogens with one attached hydrogen (secondary N) is 2. The van der Waals surface area contributed by atoms with Crippen molar-refractivity contribution in [1.29, 1.82) is 0 Å². The highest BCUT2D eigenvalue weighted by Gasteiger charge is 2.04. The first-order valence-corrected chi connectivity index (χ1v) is 5.45. The van der Waals surface area contributed by atoms with Gasteiger partial charge in [-0.1, -0.05) is 0 Å². The van der Waals surface area contributed by atoms with E-state index in [0.29, 0.717) is 23.3 Å². The Balaban J connectivity index is 1.93. The molecule has 0 aliphatic rings. The Bertz CT molecular complexity index is 665. The van der Waals surface area contributed by atoms with Gasteiger partial charge in [0.05, 0.1) is 17.8 Å². The monoisotopic (exact) mass is 243 g/mol. The zero-order valence-corrected chi connectivity index (χ0v) is 9.39. The molecule has 0 fully saturated rings. The van der Waals surface area contributed by atoms with Gasteiger partial charge in [-0.3, -0.25) is 5.10 Å². The molecule has 3 rings (SSSR count). The number of halogens is 1. The number of anilines is 1. The third-order valence-corrected chi connectivity index (χ3v) is 2.60. The average molecular weight is 243 g/mol. The molecule has 0 saturated heterocycles. The molecule has 0 bridgehead atoms. The van der Waals surface area contributed by atoms with E-state index in [-0.39, 0.29) is 5.82 Å². The lowest BCUT2D eigenvalue weighted by molar-refractivity contribution is 0.629. The van der Waals surface area contributed by atoms with Crippen LogP contribution in [-0.4, -0.2) is 20.2 Å². The first kappa shape index (κ1) is 10.6. The predicted molar refractivity (Wildman–Crippen MR) is 65.4 cm³/mol. The third kappa shape index (κ3) is 2.00. The molecular weight excluding hydrogens is 233 g/mol. The fraction of sp³-hybridized carbons (Fsp3) is 0.0833. The molecule has 0 unspecified atom stereocenters. The van der Waals surface area contributed by atoms with E-state index in [2.05, 4.69) is 25.5 Å². The van der Waals surface area contributed by atoms with E-state index in [1.807, 2.05) is 6.07 Å². The van der Waals surface area contributed by atoms with Crippen molar-refractivity contribution < 1.29 is 4.39 Å². The van der Waals surface area contributed by atoms with E-state index in [4.69, 9.17) is 0 Å². The van der Waals surface area contributed by atoms with Gasteiger partial charge in [0.2, 0.25) is 0 Å². The van der Waals surface area contributed by atoms with E-state index in [1.54, 1.807) is 12.3 Å². The molecule has 2 heterocycles. The van der Waals surface area contributed by atoms with Gasteiger partial charge in [0.15, 0.2) is 0 Å². The molecule has 90 valence electrons. The highest BCUT2D eigenvalue weighted by Crippen LogP contribution is 2.20. The molecule has 0 atom stereocenters. The molecule has 0 aliphatic heterocycles. The van der Waals surface area contributed by atoms with Crippen molar-refractivity contribution in [1.82, 2.24) is 20.2 Å². The van der Waals surface area contributed by atoms with Crippen LogP contribution in [0.4, 0.5) is 10.2 Å². The van der Waals surface area contributed by atoms with Crippen LogP contribution in [0.25, 0.3) is 10.9 Å². The molecule has 0 amide bonds. The molecule has 0 aliphatic carbocycles. The van der Waals surface area contributed by atoms with Gasteiger partial charge in [0.25, 0.3) is 0 Å². The SMILES string of the molecule is Fc1ccc2ncnc(NCc3ccn[nH]3)c2c1. The van der Waals surface area contributed by atoms with Gasteiger partial charge in [0, 0.05) is 11.6 Å².